The lowest BCUT2D eigenvalue weighted by Gasteiger charge is -2.11. The SMILES string of the molecule is CC(C)Nc1ccc(Cl)cc1C#N. The van der Waals surface area contributed by atoms with E-state index in [2.05, 4.69) is 11.4 Å². The molecule has 1 aromatic rings. The fraction of sp³-hybridized carbons (Fsp3) is 0.300. The normalized spacial score (nSPS) is 9.77. The molecule has 1 aromatic carbocycles. The lowest BCUT2D eigenvalue weighted by Crippen LogP contribution is -2.10. The van der Waals surface area contributed by atoms with Crippen LogP contribution in [0, 0.1) is 11.3 Å². The van der Waals surface area contributed by atoms with Crippen LogP contribution in [0.3, 0.4) is 0 Å². The molecular formula is C10H11ClN2. The molecule has 0 heterocycles. The van der Waals surface area contributed by atoms with Crippen molar-refractivity contribution in [3.63, 3.8) is 0 Å². The van der Waals surface area contributed by atoms with E-state index in [9.17, 15) is 0 Å². The molecule has 68 valence electrons. The van der Waals surface area contributed by atoms with E-state index < -0.39 is 0 Å². The van der Waals surface area contributed by atoms with Crippen LogP contribution in [0.5, 0.6) is 0 Å². The zero-order valence-corrected chi connectivity index (χ0v) is 8.39. The van der Waals surface area contributed by atoms with E-state index in [0.717, 1.165) is 5.69 Å². The average Bonchev–Trinajstić information content (AvgIpc) is 2.07. The lowest BCUT2D eigenvalue weighted by molar-refractivity contribution is 0.899. The van der Waals surface area contributed by atoms with Gasteiger partial charge in [-0.15, -0.1) is 0 Å². The second-order valence-corrected chi connectivity index (χ2v) is 3.54. The highest BCUT2D eigenvalue weighted by molar-refractivity contribution is 6.30. The predicted molar refractivity (Wildman–Crippen MR) is 54.9 cm³/mol. The summed E-state index contributed by atoms with van der Waals surface area (Å²) in [6, 6.07) is 7.66. The van der Waals surface area contributed by atoms with Crippen LogP contribution >= 0.6 is 11.6 Å². The molecule has 0 aliphatic heterocycles. The van der Waals surface area contributed by atoms with E-state index in [1.807, 2.05) is 19.9 Å². The van der Waals surface area contributed by atoms with Crippen molar-refractivity contribution >= 4 is 17.3 Å². The number of hydrogen-bond acceptors (Lipinski definition) is 2. The molecule has 1 rings (SSSR count). The Morgan fingerprint density at radius 3 is 2.69 bits per heavy atom. The highest BCUT2D eigenvalue weighted by Crippen LogP contribution is 2.20. The summed E-state index contributed by atoms with van der Waals surface area (Å²) in [7, 11) is 0. The fourth-order valence-electron chi connectivity index (χ4n) is 1.05. The molecule has 0 atom stereocenters. The second kappa shape index (κ2) is 4.15. The van der Waals surface area contributed by atoms with Crippen LogP contribution in [0.1, 0.15) is 19.4 Å². The van der Waals surface area contributed by atoms with Gasteiger partial charge in [0.15, 0.2) is 0 Å². The number of hydrogen-bond donors (Lipinski definition) is 1. The third-order valence-electron chi connectivity index (χ3n) is 1.55. The summed E-state index contributed by atoms with van der Waals surface area (Å²) >= 11 is 5.75. The molecule has 0 saturated heterocycles. The minimum absolute atomic E-state index is 0.313. The number of rotatable bonds is 2. The average molecular weight is 195 g/mol. The maximum atomic E-state index is 8.81. The molecule has 0 aromatic heterocycles. The van der Waals surface area contributed by atoms with Crippen molar-refractivity contribution < 1.29 is 0 Å². The molecule has 13 heavy (non-hydrogen) atoms. The second-order valence-electron chi connectivity index (χ2n) is 3.10. The summed E-state index contributed by atoms with van der Waals surface area (Å²) in [5, 5.41) is 12.6. The van der Waals surface area contributed by atoms with Crippen LogP contribution in [0.25, 0.3) is 0 Å². The predicted octanol–water partition coefficient (Wildman–Crippen LogP) is 3.03. The zero-order chi connectivity index (χ0) is 9.84. The minimum atomic E-state index is 0.313. The molecule has 0 radical (unpaired) electrons. The number of halogens is 1. The summed E-state index contributed by atoms with van der Waals surface area (Å²) < 4.78 is 0. The Bertz CT molecular complexity index is 339. The Kier molecular flexibility index (Phi) is 3.16. The van der Waals surface area contributed by atoms with Gasteiger partial charge in [-0.3, -0.25) is 0 Å². The van der Waals surface area contributed by atoms with Crippen LogP contribution < -0.4 is 5.32 Å². The van der Waals surface area contributed by atoms with Gasteiger partial charge < -0.3 is 5.32 Å². The van der Waals surface area contributed by atoms with Crippen LogP contribution in [0.15, 0.2) is 18.2 Å². The van der Waals surface area contributed by atoms with E-state index in [1.54, 1.807) is 12.1 Å². The highest BCUT2D eigenvalue weighted by atomic mass is 35.5. The van der Waals surface area contributed by atoms with Crippen LogP contribution in [0.2, 0.25) is 5.02 Å². The third-order valence-corrected chi connectivity index (χ3v) is 1.78. The quantitative estimate of drug-likeness (QED) is 0.786. The molecule has 0 saturated carbocycles. The molecular weight excluding hydrogens is 184 g/mol. The van der Waals surface area contributed by atoms with Crippen LogP contribution in [0.4, 0.5) is 5.69 Å². The Labute approximate surface area is 83.1 Å². The summed E-state index contributed by atoms with van der Waals surface area (Å²) in [4.78, 5) is 0. The van der Waals surface area contributed by atoms with Gasteiger partial charge in [-0.05, 0) is 32.0 Å². The van der Waals surface area contributed by atoms with E-state index in [1.165, 1.54) is 0 Å². The molecule has 0 bridgehead atoms. The number of nitrogens with one attached hydrogen (secondary N) is 1. The first-order chi connectivity index (χ1) is 6.13. The van der Waals surface area contributed by atoms with Gasteiger partial charge in [0.25, 0.3) is 0 Å². The van der Waals surface area contributed by atoms with Gasteiger partial charge in [-0.25, -0.2) is 0 Å². The van der Waals surface area contributed by atoms with E-state index in [-0.39, 0.29) is 0 Å². The highest BCUT2D eigenvalue weighted by Gasteiger charge is 2.03. The first kappa shape index (κ1) is 9.88. The topological polar surface area (TPSA) is 35.8 Å². The first-order valence-corrected chi connectivity index (χ1v) is 4.47. The van der Waals surface area contributed by atoms with Crippen molar-refractivity contribution in [1.82, 2.24) is 0 Å². The van der Waals surface area contributed by atoms with Crippen molar-refractivity contribution in [3.8, 4) is 6.07 Å². The molecule has 0 amide bonds. The largest absolute Gasteiger partial charge is 0.382 e. The van der Waals surface area contributed by atoms with Gasteiger partial charge in [0, 0.05) is 11.1 Å². The standard InChI is InChI=1S/C10H11ClN2/c1-7(2)13-10-4-3-9(11)5-8(10)6-12/h3-5,7,13H,1-2H3. The molecule has 0 unspecified atom stereocenters. The minimum Gasteiger partial charge on any atom is -0.382 e. The molecule has 0 spiro atoms. The number of benzene rings is 1. The molecule has 0 aliphatic carbocycles. The van der Waals surface area contributed by atoms with Crippen molar-refractivity contribution in [2.75, 3.05) is 5.32 Å². The monoisotopic (exact) mass is 194 g/mol. The van der Waals surface area contributed by atoms with E-state index >= 15 is 0 Å². The van der Waals surface area contributed by atoms with Crippen LogP contribution in [-0.4, -0.2) is 6.04 Å². The Hall–Kier alpha value is -1.20. The maximum Gasteiger partial charge on any atom is 0.101 e. The van der Waals surface area contributed by atoms with E-state index in [0.29, 0.717) is 16.6 Å². The van der Waals surface area contributed by atoms with Gasteiger partial charge in [0.05, 0.1) is 11.3 Å². The zero-order valence-electron chi connectivity index (χ0n) is 7.63. The summed E-state index contributed by atoms with van der Waals surface area (Å²) in [6.45, 7) is 4.05. The van der Waals surface area contributed by atoms with Crippen molar-refractivity contribution in [2.45, 2.75) is 19.9 Å². The lowest BCUT2D eigenvalue weighted by atomic mass is 10.2. The summed E-state index contributed by atoms with van der Waals surface area (Å²) in [5.74, 6) is 0. The third kappa shape index (κ3) is 2.64. The smallest absolute Gasteiger partial charge is 0.101 e. The molecule has 3 heteroatoms. The molecule has 2 nitrogen and oxygen atoms in total. The molecule has 1 N–H and O–H groups in total. The Morgan fingerprint density at radius 2 is 2.15 bits per heavy atom. The number of anilines is 1. The van der Waals surface area contributed by atoms with Gasteiger partial charge in [-0.2, -0.15) is 5.26 Å². The van der Waals surface area contributed by atoms with Crippen molar-refractivity contribution in [3.05, 3.63) is 28.8 Å². The maximum absolute atomic E-state index is 8.81. The van der Waals surface area contributed by atoms with Crippen LogP contribution in [-0.2, 0) is 0 Å². The van der Waals surface area contributed by atoms with Gasteiger partial charge in [0.2, 0.25) is 0 Å². The van der Waals surface area contributed by atoms with E-state index in [4.69, 9.17) is 16.9 Å². The molecule has 0 aliphatic rings. The van der Waals surface area contributed by atoms with Crippen molar-refractivity contribution in [2.24, 2.45) is 0 Å². The Morgan fingerprint density at radius 1 is 1.46 bits per heavy atom. The number of nitrogens with zero attached hydrogens (tertiary/aromatic N) is 1. The van der Waals surface area contributed by atoms with Gasteiger partial charge >= 0.3 is 0 Å². The number of nitriles is 1. The Balaban J connectivity index is 3.01. The first-order valence-electron chi connectivity index (χ1n) is 4.09. The van der Waals surface area contributed by atoms with Gasteiger partial charge in [0.1, 0.15) is 6.07 Å². The fourth-order valence-corrected chi connectivity index (χ4v) is 1.22. The molecule has 0 fully saturated rings. The summed E-state index contributed by atoms with van der Waals surface area (Å²) in [5.41, 5.74) is 1.42. The summed E-state index contributed by atoms with van der Waals surface area (Å²) in [6.07, 6.45) is 0. The van der Waals surface area contributed by atoms with Crippen molar-refractivity contribution in [1.29, 1.82) is 5.26 Å². The van der Waals surface area contributed by atoms with Gasteiger partial charge in [-0.1, -0.05) is 11.6 Å².